The molecule has 0 radical (unpaired) electrons. The van der Waals surface area contributed by atoms with E-state index in [2.05, 4.69) is 9.97 Å². The van der Waals surface area contributed by atoms with E-state index in [1.807, 2.05) is 0 Å². The Morgan fingerprint density at radius 2 is 2.17 bits per heavy atom. The van der Waals surface area contributed by atoms with Gasteiger partial charge in [0.2, 0.25) is 5.88 Å². The van der Waals surface area contributed by atoms with Crippen LogP contribution in [0.4, 0.5) is 0 Å². The number of hydrogen-bond donors (Lipinski definition) is 2. The summed E-state index contributed by atoms with van der Waals surface area (Å²) < 4.78 is 5.02. The molecule has 0 unspecified atom stereocenters. The minimum absolute atomic E-state index is 0.242. The van der Waals surface area contributed by atoms with Gasteiger partial charge in [-0.3, -0.25) is 14.8 Å². The molecule has 5 nitrogen and oxygen atoms in total. The second-order valence-corrected chi connectivity index (χ2v) is 2.36. The van der Waals surface area contributed by atoms with Crippen LogP contribution in [-0.4, -0.2) is 16.6 Å². The van der Waals surface area contributed by atoms with Gasteiger partial charge in [0.05, 0.1) is 5.56 Å². The van der Waals surface area contributed by atoms with E-state index in [0.29, 0.717) is 12.2 Å². The van der Waals surface area contributed by atoms with Gasteiger partial charge in [-0.1, -0.05) is 0 Å². The third-order valence-electron chi connectivity index (χ3n) is 1.55. The van der Waals surface area contributed by atoms with Gasteiger partial charge in [0, 0.05) is 0 Å². The maximum atomic E-state index is 11.1. The van der Waals surface area contributed by atoms with Crippen LogP contribution in [-0.2, 0) is 0 Å². The van der Waals surface area contributed by atoms with Crippen molar-refractivity contribution >= 4 is 6.08 Å². The fourth-order valence-electron chi connectivity index (χ4n) is 1.04. The van der Waals surface area contributed by atoms with Gasteiger partial charge in [-0.15, -0.1) is 0 Å². The predicted molar refractivity (Wildman–Crippen MR) is 42.2 cm³/mol. The molecule has 1 aliphatic heterocycles. The molecular formula is C7H6N2O3. The van der Waals surface area contributed by atoms with Crippen molar-refractivity contribution < 1.29 is 4.74 Å². The molecule has 0 aliphatic carbocycles. The molecule has 1 aromatic heterocycles. The first-order valence-corrected chi connectivity index (χ1v) is 3.43. The van der Waals surface area contributed by atoms with Crippen molar-refractivity contribution in [1.29, 1.82) is 0 Å². The highest BCUT2D eigenvalue weighted by atomic mass is 16.5. The lowest BCUT2D eigenvalue weighted by Gasteiger charge is -2.08. The number of fused-ring (bicyclic) bond motifs is 1. The van der Waals surface area contributed by atoms with Crippen molar-refractivity contribution in [3.05, 3.63) is 32.5 Å². The molecule has 0 atom stereocenters. The van der Waals surface area contributed by atoms with Crippen LogP contribution < -0.4 is 16.0 Å². The van der Waals surface area contributed by atoms with Gasteiger partial charge >= 0.3 is 5.69 Å². The molecule has 2 N–H and O–H groups in total. The van der Waals surface area contributed by atoms with Crippen molar-refractivity contribution in [2.24, 2.45) is 0 Å². The van der Waals surface area contributed by atoms with E-state index in [1.54, 1.807) is 12.2 Å². The van der Waals surface area contributed by atoms with Gasteiger partial charge in [-0.25, -0.2) is 4.79 Å². The van der Waals surface area contributed by atoms with Crippen molar-refractivity contribution in [3.63, 3.8) is 0 Å². The van der Waals surface area contributed by atoms with Crippen LogP contribution in [0.15, 0.2) is 15.7 Å². The molecular weight excluding hydrogens is 160 g/mol. The summed E-state index contributed by atoms with van der Waals surface area (Å²) >= 11 is 0. The summed E-state index contributed by atoms with van der Waals surface area (Å²) in [7, 11) is 0. The molecule has 2 heterocycles. The Bertz CT molecular complexity index is 441. The summed E-state index contributed by atoms with van der Waals surface area (Å²) in [6.07, 6.45) is 3.32. The maximum Gasteiger partial charge on any atom is 0.328 e. The number of rotatable bonds is 0. The van der Waals surface area contributed by atoms with Crippen LogP contribution in [0.2, 0.25) is 0 Å². The Kier molecular flexibility index (Phi) is 1.36. The minimum atomic E-state index is -0.547. The molecule has 0 bridgehead atoms. The number of H-pyrrole nitrogens is 2. The number of nitrogens with one attached hydrogen (secondary N) is 2. The molecule has 62 valence electrons. The topological polar surface area (TPSA) is 75.0 Å². The fraction of sp³-hybridized carbons (Fsp3) is 0.143. The Morgan fingerprint density at radius 1 is 1.33 bits per heavy atom. The van der Waals surface area contributed by atoms with Crippen molar-refractivity contribution in [2.75, 3.05) is 6.61 Å². The zero-order chi connectivity index (χ0) is 8.55. The molecule has 0 saturated heterocycles. The highest BCUT2D eigenvalue weighted by molar-refractivity contribution is 5.55. The summed E-state index contributed by atoms with van der Waals surface area (Å²) in [5.74, 6) is 0.242. The number of hydrogen-bond acceptors (Lipinski definition) is 3. The van der Waals surface area contributed by atoms with Crippen LogP contribution in [0, 0.1) is 0 Å². The first kappa shape index (κ1) is 6.90. The lowest BCUT2D eigenvalue weighted by atomic mass is 10.2. The molecule has 0 saturated carbocycles. The summed E-state index contributed by atoms with van der Waals surface area (Å²) in [5, 5.41) is 0. The Labute approximate surface area is 66.7 Å². The molecule has 12 heavy (non-hydrogen) atoms. The van der Waals surface area contributed by atoms with Crippen molar-refractivity contribution in [2.45, 2.75) is 0 Å². The SMILES string of the molecule is O=c1[nH]c2c(c(=O)[nH]1)C=CCO2. The number of aromatic amines is 2. The molecule has 1 aliphatic rings. The number of ether oxygens (including phenoxy) is 1. The molecule has 5 heteroatoms. The first-order chi connectivity index (χ1) is 5.77. The van der Waals surface area contributed by atoms with Crippen LogP contribution in [0.3, 0.4) is 0 Å². The summed E-state index contributed by atoms with van der Waals surface area (Å²) in [4.78, 5) is 26.3. The number of aromatic nitrogens is 2. The normalized spacial score (nSPS) is 13.7. The van der Waals surface area contributed by atoms with E-state index in [-0.39, 0.29) is 5.88 Å². The third kappa shape index (κ3) is 0.952. The van der Waals surface area contributed by atoms with Crippen LogP contribution >= 0.6 is 0 Å². The second-order valence-electron chi connectivity index (χ2n) is 2.36. The lowest BCUT2D eigenvalue weighted by molar-refractivity contribution is 0.341. The fourth-order valence-corrected chi connectivity index (χ4v) is 1.04. The smallest absolute Gasteiger partial charge is 0.328 e. The van der Waals surface area contributed by atoms with Gasteiger partial charge in [0.15, 0.2) is 0 Å². The van der Waals surface area contributed by atoms with E-state index in [9.17, 15) is 9.59 Å². The van der Waals surface area contributed by atoms with E-state index in [0.717, 1.165) is 0 Å². The Morgan fingerprint density at radius 3 is 3.00 bits per heavy atom. The summed E-state index contributed by atoms with van der Waals surface area (Å²) in [5.41, 5.74) is -0.611. The van der Waals surface area contributed by atoms with Crippen LogP contribution in [0.25, 0.3) is 6.08 Å². The summed E-state index contributed by atoms with van der Waals surface area (Å²) in [6.45, 7) is 0.381. The molecule has 0 spiro atoms. The monoisotopic (exact) mass is 166 g/mol. The lowest BCUT2D eigenvalue weighted by Crippen LogP contribution is -2.26. The molecule has 0 aromatic carbocycles. The summed E-state index contributed by atoms with van der Waals surface area (Å²) in [6, 6.07) is 0. The third-order valence-corrected chi connectivity index (χ3v) is 1.55. The van der Waals surface area contributed by atoms with E-state index in [4.69, 9.17) is 4.74 Å². The first-order valence-electron chi connectivity index (χ1n) is 3.43. The van der Waals surface area contributed by atoms with Crippen molar-refractivity contribution in [3.8, 4) is 5.88 Å². The largest absolute Gasteiger partial charge is 0.474 e. The molecule has 2 rings (SSSR count). The maximum absolute atomic E-state index is 11.1. The standard InChI is InChI=1S/C7H6N2O3/c10-5-4-2-1-3-12-6(4)9-7(11)8-5/h1-2H,3H2,(H2,8,9,10,11). The van der Waals surface area contributed by atoms with Gasteiger partial charge in [-0.05, 0) is 12.2 Å². The average molecular weight is 166 g/mol. The highest BCUT2D eigenvalue weighted by Gasteiger charge is 2.09. The highest BCUT2D eigenvalue weighted by Crippen LogP contribution is 2.13. The van der Waals surface area contributed by atoms with E-state index < -0.39 is 11.2 Å². The molecule has 0 fully saturated rings. The van der Waals surface area contributed by atoms with E-state index in [1.165, 1.54) is 0 Å². The Hall–Kier alpha value is -1.78. The second kappa shape index (κ2) is 2.37. The zero-order valence-electron chi connectivity index (χ0n) is 6.09. The van der Waals surface area contributed by atoms with E-state index >= 15 is 0 Å². The zero-order valence-corrected chi connectivity index (χ0v) is 6.09. The molecule has 0 amide bonds. The minimum Gasteiger partial charge on any atom is -0.474 e. The van der Waals surface area contributed by atoms with Crippen LogP contribution in [0.5, 0.6) is 5.88 Å². The Balaban J connectivity index is 2.79. The quantitative estimate of drug-likeness (QED) is 0.544. The van der Waals surface area contributed by atoms with Gasteiger partial charge < -0.3 is 4.74 Å². The van der Waals surface area contributed by atoms with Gasteiger partial charge in [0.25, 0.3) is 5.56 Å². The van der Waals surface area contributed by atoms with Crippen molar-refractivity contribution in [1.82, 2.24) is 9.97 Å². The predicted octanol–water partition coefficient (Wildman–Crippen LogP) is -0.531. The van der Waals surface area contributed by atoms with Gasteiger partial charge in [0.1, 0.15) is 6.61 Å². The van der Waals surface area contributed by atoms with Gasteiger partial charge in [-0.2, -0.15) is 0 Å². The van der Waals surface area contributed by atoms with Crippen LogP contribution in [0.1, 0.15) is 5.56 Å². The average Bonchev–Trinajstić information content (AvgIpc) is 2.04. The molecule has 1 aromatic rings.